The first kappa shape index (κ1) is 11.4. The first-order valence-electron chi connectivity index (χ1n) is 4.24. The minimum atomic E-state index is 0.688. The summed E-state index contributed by atoms with van der Waals surface area (Å²) in [6.45, 7) is 0. The van der Waals surface area contributed by atoms with Gasteiger partial charge in [-0.05, 0) is 17.7 Å². The topological polar surface area (TPSA) is 56.9 Å². The molecule has 0 saturated heterocycles. The van der Waals surface area contributed by atoms with Gasteiger partial charge in [-0.25, -0.2) is 0 Å². The van der Waals surface area contributed by atoms with E-state index in [-0.39, 0.29) is 0 Å². The molecule has 4 heteroatoms. The molecule has 2 aromatic rings. The summed E-state index contributed by atoms with van der Waals surface area (Å²) >= 11 is 1.60. The average Bonchev–Trinajstić information content (AvgIpc) is 2.85. The van der Waals surface area contributed by atoms with Gasteiger partial charge in [0, 0.05) is 13.3 Å². The fraction of sp³-hybridized carbons (Fsp3) is 0.0909. The zero-order chi connectivity index (χ0) is 11.1. The number of hydrogen-bond donors (Lipinski definition) is 1. The summed E-state index contributed by atoms with van der Waals surface area (Å²) in [6.07, 6.45) is 1.83. The number of thiazole rings is 1. The molecule has 0 fully saturated rings. The van der Waals surface area contributed by atoms with Crippen LogP contribution >= 0.6 is 11.3 Å². The van der Waals surface area contributed by atoms with E-state index in [1.807, 2.05) is 30.5 Å². The molecule has 0 aliphatic heterocycles. The van der Waals surface area contributed by atoms with E-state index >= 15 is 0 Å². The smallest absolute Gasteiger partial charge is 0.0991 e. The highest BCUT2D eigenvalue weighted by molar-refractivity contribution is 7.13. The van der Waals surface area contributed by atoms with Crippen molar-refractivity contribution in [1.82, 2.24) is 4.98 Å². The number of aliphatic hydroxyl groups is 1. The van der Waals surface area contributed by atoms with Gasteiger partial charge in [0.2, 0.25) is 0 Å². The molecular formula is C11H10N2OS. The van der Waals surface area contributed by atoms with Crippen molar-refractivity contribution in [2.75, 3.05) is 7.11 Å². The van der Waals surface area contributed by atoms with Crippen LogP contribution in [0.1, 0.15) is 5.56 Å². The van der Waals surface area contributed by atoms with Gasteiger partial charge < -0.3 is 5.11 Å². The van der Waals surface area contributed by atoms with Crippen molar-refractivity contribution in [3.05, 3.63) is 41.5 Å². The summed E-state index contributed by atoms with van der Waals surface area (Å²) in [4.78, 5) is 5.12. The normalized spacial score (nSPS) is 8.60. The second-order valence-electron chi connectivity index (χ2n) is 2.55. The minimum Gasteiger partial charge on any atom is -0.400 e. The van der Waals surface area contributed by atoms with E-state index in [0.29, 0.717) is 5.56 Å². The monoisotopic (exact) mass is 218 g/mol. The molecule has 0 spiro atoms. The van der Waals surface area contributed by atoms with Gasteiger partial charge >= 0.3 is 0 Å². The van der Waals surface area contributed by atoms with Crippen LogP contribution < -0.4 is 0 Å². The summed E-state index contributed by atoms with van der Waals surface area (Å²) in [5, 5.41) is 15.6. The summed E-state index contributed by atoms with van der Waals surface area (Å²) in [6, 6.07) is 9.59. The molecule has 1 N–H and O–H groups in total. The zero-order valence-electron chi connectivity index (χ0n) is 8.21. The number of aliphatic hydroxyl groups excluding tert-OH is 1. The quantitative estimate of drug-likeness (QED) is 0.799. The van der Waals surface area contributed by atoms with Crippen molar-refractivity contribution in [2.45, 2.75) is 0 Å². The van der Waals surface area contributed by atoms with Crippen LogP contribution in [0.2, 0.25) is 0 Å². The molecule has 2 rings (SSSR count). The number of aromatic nitrogens is 1. The molecule has 0 atom stereocenters. The maximum atomic E-state index is 8.60. The van der Waals surface area contributed by atoms with Crippen LogP contribution in [0.3, 0.4) is 0 Å². The SMILES string of the molecule is CO.N#Cc1ccc(-c2cncs2)cc1. The van der Waals surface area contributed by atoms with Crippen molar-refractivity contribution < 1.29 is 5.11 Å². The predicted molar refractivity (Wildman–Crippen MR) is 60.4 cm³/mol. The highest BCUT2D eigenvalue weighted by Gasteiger charge is 1.98. The lowest BCUT2D eigenvalue weighted by Crippen LogP contribution is -1.74. The van der Waals surface area contributed by atoms with E-state index in [0.717, 1.165) is 17.6 Å². The molecule has 1 heterocycles. The Kier molecular flexibility index (Phi) is 4.48. The molecule has 0 amide bonds. The Labute approximate surface area is 92.3 Å². The molecule has 1 aromatic heterocycles. The van der Waals surface area contributed by atoms with Crippen molar-refractivity contribution >= 4 is 11.3 Å². The second kappa shape index (κ2) is 5.91. The number of rotatable bonds is 1. The van der Waals surface area contributed by atoms with Crippen molar-refractivity contribution in [3.8, 4) is 16.5 Å². The van der Waals surface area contributed by atoms with E-state index < -0.39 is 0 Å². The van der Waals surface area contributed by atoms with Crippen LogP contribution in [-0.2, 0) is 0 Å². The van der Waals surface area contributed by atoms with Crippen LogP contribution in [0.25, 0.3) is 10.4 Å². The molecule has 0 radical (unpaired) electrons. The molecule has 0 saturated carbocycles. The van der Waals surface area contributed by atoms with Gasteiger partial charge in [0.25, 0.3) is 0 Å². The lowest BCUT2D eigenvalue weighted by Gasteiger charge is -1.94. The average molecular weight is 218 g/mol. The Hall–Kier alpha value is -1.70. The van der Waals surface area contributed by atoms with Crippen molar-refractivity contribution in [3.63, 3.8) is 0 Å². The molecule has 15 heavy (non-hydrogen) atoms. The van der Waals surface area contributed by atoms with Crippen LogP contribution in [0.4, 0.5) is 0 Å². The Balaban J connectivity index is 0.000000531. The predicted octanol–water partition coefficient (Wildman–Crippen LogP) is 2.29. The van der Waals surface area contributed by atoms with Gasteiger partial charge in [-0.15, -0.1) is 11.3 Å². The molecule has 0 aliphatic rings. The van der Waals surface area contributed by atoms with Gasteiger partial charge in [0.05, 0.1) is 22.0 Å². The van der Waals surface area contributed by atoms with Crippen molar-refractivity contribution in [1.29, 1.82) is 5.26 Å². The summed E-state index contributed by atoms with van der Waals surface area (Å²) in [5.74, 6) is 0. The van der Waals surface area contributed by atoms with Crippen LogP contribution in [0.15, 0.2) is 36.0 Å². The van der Waals surface area contributed by atoms with E-state index in [4.69, 9.17) is 10.4 Å². The van der Waals surface area contributed by atoms with E-state index in [2.05, 4.69) is 11.1 Å². The standard InChI is InChI=1S/C10H6N2S.CH4O/c11-5-8-1-3-9(4-2-8)10-6-12-7-13-10;1-2/h1-4,6-7H;2H,1H3. The fourth-order valence-corrected chi connectivity index (χ4v) is 1.70. The van der Waals surface area contributed by atoms with Crippen LogP contribution in [0, 0.1) is 11.3 Å². The lowest BCUT2D eigenvalue weighted by atomic mass is 10.1. The third-order valence-corrected chi connectivity index (χ3v) is 2.55. The molecule has 76 valence electrons. The second-order valence-corrected chi connectivity index (χ2v) is 3.44. The lowest BCUT2D eigenvalue weighted by molar-refractivity contribution is 0.399. The zero-order valence-corrected chi connectivity index (χ0v) is 9.03. The van der Waals surface area contributed by atoms with Gasteiger partial charge in [-0.3, -0.25) is 4.98 Å². The Bertz CT molecular complexity index is 429. The Morgan fingerprint density at radius 2 is 1.93 bits per heavy atom. The molecule has 0 aliphatic carbocycles. The van der Waals surface area contributed by atoms with Gasteiger partial charge in [0.15, 0.2) is 0 Å². The summed E-state index contributed by atoms with van der Waals surface area (Å²) in [5.41, 5.74) is 3.60. The van der Waals surface area contributed by atoms with Gasteiger partial charge in [-0.1, -0.05) is 12.1 Å². The first-order chi connectivity index (χ1) is 7.40. The number of benzene rings is 1. The highest BCUT2D eigenvalue weighted by Crippen LogP contribution is 2.22. The third kappa shape index (κ3) is 2.88. The van der Waals surface area contributed by atoms with Crippen LogP contribution in [0.5, 0.6) is 0 Å². The van der Waals surface area contributed by atoms with Crippen molar-refractivity contribution in [2.24, 2.45) is 0 Å². The Morgan fingerprint density at radius 3 is 2.40 bits per heavy atom. The van der Waals surface area contributed by atoms with Crippen LogP contribution in [-0.4, -0.2) is 17.2 Å². The molecule has 0 bridgehead atoms. The number of nitriles is 1. The maximum Gasteiger partial charge on any atom is 0.0991 e. The number of hydrogen-bond acceptors (Lipinski definition) is 4. The molecule has 1 aromatic carbocycles. The summed E-state index contributed by atoms with van der Waals surface area (Å²) < 4.78 is 0. The fourth-order valence-electron chi connectivity index (χ4n) is 1.07. The third-order valence-electron chi connectivity index (χ3n) is 1.73. The highest BCUT2D eigenvalue weighted by atomic mass is 32.1. The van der Waals surface area contributed by atoms with Gasteiger partial charge in [-0.2, -0.15) is 5.26 Å². The van der Waals surface area contributed by atoms with Gasteiger partial charge in [0.1, 0.15) is 0 Å². The molecule has 0 unspecified atom stereocenters. The first-order valence-corrected chi connectivity index (χ1v) is 5.12. The number of nitrogens with zero attached hydrogens (tertiary/aromatic N) is 2. The largest absolute Gasteiger partial charge is 0.400 e. The van der Waals surface area contributed by atoms with E-state index in [1.165, 1.54) is 0 Å². The maximum absolute atomic E-state index is 8.60. The molecule has 3 nitrogen and oxygen atoms in total. The molecular weight excluding hydrogens is 208 g/mol. The summed E-state index contributed by atoms with van der Waals surface area (Å²) in [7, 11) is 1.00. The minimum absolute atomic E-state index is 0.688. The van der Waals surface area contributed by atoms with E-state index in [9.17, 15) is 0 Å². The van der Waals surface area contributed by atoms with E-state index in [1.54, 1.807) is 16.8 Å². The Morgan fingerprint density at radius 1 is 1.27 bits per heavy atom.